The van der Waals surface area contributed by atoms with Crippen LogP contribution in [0.1, 0.15) is 12.0 Å². The molecule has 0 fully saturated rings. The van der Waals surface area contributed by atoms with Gasteiger partial charge in [-0.25, -0.2) is 13.2 Å². The summed E-state index contributed by atoms with van der Waals surface area (Å²) in [7, 11) is -3.75. The van der Waals surface area contributed by atoms with E-state index in [1.165, 1.54) is 12.1 Å². The third kappa shape index (κ3) is 6.95. The fraction of sp³-hybridized carbons (Fsp3) is 0.158. The molecule has 0 bridgehead atoms. The van der Waals surface area contributed by atoms with E-state index in [0.717, 1.165) is 17.0 Å². The number of hydrogen-bond acceptors (Lipinski definition) is 5. The maximum atomic E-state index is 12.2. The number of sulfone groups is 1. The second-order valence-electron chi connectivity index (χ2n) is 5.60. The third-order valence-electron chi connectivity index (χ3n) is 3.47. The molecule has 0 aromatic heterocycles. The van der Waals surface area contributed by atoms with Crippen LogP contribution in [-0.4, -0.2) is 31.6 Å². The number of carbonyl (C=O) groups is 2. The van der Waals surface area contributed by atoms with Crippen LogP contribution in [0.15, 0.2) is 77.0 Å². The Morgan fingerprint density at radius 1 is 1.04 bits per heavy atom. The standard InChI is InChI=1S/C19H19NO6S/c21-18(22)13-16(11-12-27(24,25)17-9-5-2-6-10-17)20-19(23)26-14-15-7-3-1-4-8-15/h1-12,16H,13-14H2,(H,20,23)(H,21,22)/b12-11+/t16-/m1/s1. The van der Waals surface area contributed by atoms with Gasteiger partial charge in [-0.1, -0.05) is 48.5 Å². The Morgan fingerprint density at radius 2 is 1.63 bits per heavy atom. The van der Waals surface area contributed by atoms with Gasteiger partial charge in [0.15, 0.2) is 9.84 Å². The van der Waals surface area contributed by atoms with Crippen molar-refractivity contribution in [3.8, 4) is 0 Å². The first kappa shape index (κ1) is 20.2. The Kier molecular flexibility index (Phi) is 7.13. The fourth-order valence-corrected chi connectivity index (χ4v) is 3.25. The van der Waals surface area contributed by atoms with E-state index < -0.39 is 34.4 Å². The first-order chi connectivity index (χ1) is 12.9. The summed E-state index contributed by atoms with van der Waals surface area (Å²) in [6, 6.07) is 15.6. The number of benzene rings is 2. The Labute approximate surface area is 157 Å². The fourth-order valence-electron chi connectivity index (χ4n) is 2.16. The molecule has 0 saturated heterocycles. The molecule has 0 aliphatic heterocycles. The number of ether oxygens (including phenoxy) is 1. The van der Waals surface area contributed by atoms with Crippen LogP contribution in [0.4, 0.5) is 4.79 Å². The first-order valence-electron chi connectivity index (χ1n) is 8.04. The van der Waals surface area contributed by atoms with E-state index in [9.17, 15) is 18.0 Å². The van der Waals surface area contributed by atoms with E-state index in [0.29, 0.717) is 0 Å². The van der Waals surface area contributed by atoms with E-state index >= 15 is 0 Å². The number of carbonyl (C=O) groups excluding carboxylic acids is 1. The van der Waals surface area contributed by atoms with Gasteiger partial charge in [0, 0.05) is 5.41 Å². The lowest BCUT2D eigenvalue weighted by Crippen LogP contribution is -2.35. The van der Waals surface area contributed by atoms with Crippen molar-refractivity contribution in [1.29, 1.82) is 0 Å². The summed E-state index contributed by atoms with van der Waals surface area (Å²) in [5, 5.41) is 12.2. The van der Waals surface area contributed by atoms with Crippen molar-refractivity contribution in [3.63, 3.8) is 0 Å². The summed E-state index contributed by atoms with van der Waals surface area (Å²) in [5.74, 6) is -1.19. The number of nitrogens with one attached hydrogen (secondary N) is 1. The van der Waals surface area contributed by atoms with Crippen molar-refractivity contribution < 1.29 is 27.9 Å². The minimum absolute atomic E-state index is 0.0124. The Morgan fingerprint density at radius 3 is 2.22 bits per heavy atom. The van der Waals surface area contributed by atoms with Gasteiger partial charge in [-0.05, 0) is 23.8 Å². The maximum absolute atomic E-state index is 12.2. The minimum atomic E-state index is -3.75. The number of carboxylic acids is 1. The molecule has 27 heavy (non-hydrogen) atoms. The third-order valence-corrected chi connectivity index (χ3v) is 4.92. The van der Waals surface area contributed by atoms with Crippen molar-refractivity contribution in [2.24, 2.45) is 0 Å². The van der Waals surface area contributed by atoms with E-state index in [1.807, 2.05) is 6.07 Å². The van der Waals surface area contributed by atoms with Gasteiger partial charge < -0.3 is 15.2 Å². The zero-order valence-electron chi connectivity index (χ0n) is 14.3. The van der Waals surface area contributed by atoms with Crippen LogP contribution in [0.25, 0.3) is 0 Å². The van der Waals surface area contributed by atoms with E-state index in [4.69, 9.17) is 9.84 Å². The smallest absolute Gasteiger partial charge is 0.407 e. The molecular weight excluding hydrogens is 370 g/mol. The molecular formula is C19H19NO6S. The average molecular weight is 389 g/mol. The molecule has 0 aliphatic carbocycles. The second kappa shape index (κ2) is 9.54. The summed E-state index contributed by atoms with van der Waals surface area (Å²) >= 11 is 0. The van der Waals surface area contributed by atoms with Crippen LogP contribution in [0.3, 0.4) is 0 Å². The maximum Gasteiger partial charge on any atom is 0.407 e. The quantitative estimate of drug-likeness (QED) is 0.718. The predicted octanol–water partition coefficient (Wildman–Crippen LogP) is 2.74. The van der Waals surface area contributed by atoms with Crippen molar-refractivity contribution in [2.75, 3.05) is 0 Å². The molecule has 2 aromatic carbocycles. The molecule has 0 unspecified atom stereocenters. The largest absolute Gasteiger partial charge is 0.481 e. The summed E-state index contributed by atoms with van der Waals surface area (Å²) in [6.07, 6.45) is -0.201. The van der Waals surface area contributed by atoms with Gasteiger partial charge in [-0.2, -0.15) is 0 Å². The molecule has 0 spiro atoms. The predicted molar refractivity (Wildman–Crippen MR) is 98.6 cm³/mol. The molecule has 8 heteroatoms. The molecule has 0 aliphatic rings. The Hall–Kier alpha value is -3.13. The highest BCUT2D eigenvalue weighted by atomic mass is 32.2. The molecule has 0 saturated carbocycles. The lowest BCUT2D eigenvalue weighted by atomic mass is 10.2. The Bertz CT molecular complexity index is 894. The molecule has 0 radical (unpaired) electrons. The number of aliphatic carboxylic acids is 1. The van der Waals surface area contributed by atoms with Crippen LogP contribution in [-0.2, 0) is 26.0 Å². The van der Waals surface area contributed by atoms with Gasteiger partial charge in [-0.3, -0.25) is 4.79 Å². The zero-order valence-corrected chi connectivity index (χ0v) is 15.1. The summed E-state index contributed by atoms with van der Waals surface area (Å²) < 4.78 is 29.5. The van der Waals surface area contributed by atoms with Crippen molar-refractivity contribution in [1.82, 2.24) is 5.32 Å². The average Bonchev–Trinajstić information content (AvgIpc) is 2.66. The number of hydrogen-bond donors (Lipinski definition) is 2. The molecule has 2 aromatic rings. The summed E-state index contributed by atoms with van der Waals surface area (Å²) in [4.78, 5) is 23.0. The normalized spacial score (nSPS) is 12.4. The molecule has 142 valence electrons. The highest BCUT2D eigenvalue weighted by Crippen LogP contribution is 2.12. The SMILES string of the molecule is O=C(O)C[C@@H](/C=C/S(=O)(=O)c1ccccc1)NC(=O)OCc1ccccc1. The van der Waals surface area contributed by atoms with Crippen LogP contribution in [0.5, 0.6) is 0 Å². The lowest BCUT2D eigenvalue weighted by Gasteiger charge is -2.13. The van der Waals surface area contributed by atoms with Gasteiger partial charge >= 0.3 is 12.1 Å². The van der Waals surface area contributed by atoms with Crippen LogP contribution in [0.2, 0.25) is 0 Å². The number of amides is 1. The monoisotopic (exact) mass is 389 g/mol. The van der Waals surface area contributed by atoms with Crippen LogP contribution >= 0.6 is 0 Å². The van der Waals surface area contributed by atoms with Gasteiger partial charge in [0.2, 0.25) is 0 Å². The molecule has 2 N–H and O–H groups in total. The van der Waals surface area contributed by atoms with Gasteiger partial charge in [0.05, 0.1) is 17.4 Å². The number of rotatable bonds is 8. The Balaban J connectivity index is 2.02. The topological polar surface area (TPSA) is 110 Å². The first-order valence-corrected chi connectivity index (χ1v) is 9.59. The molecule has 2 rings (SSSR count). The van der Waals surface area contributed by atoms with E-state index in [-0.39, 0.29) is 11.5 Å². The van der Waals surface area contributed by atoms with Crippen LogP contribution in [0, 0.1) is 0 Å². The van der Waals surface area contributed by atoms with Crippen molar-refractivity contribution in [2.45, 2.75) is 24.0 Å². The van der Waals surface area contributed by atoms with Gasteiger partial charge in [-0.15, -0.1) is 0 Å². The van der Waals surface area contributed by atoms with Crippen molar-refractivity contribution >= 4 is 21.9 Å². The molecule has 7 nitrogen and oxygen atoms in total. The lowest BCUT2D eigenvalue weighted by molar-refractivity contribution is -0.137. The van der Waals surface area contributed by atoms with Crippen molar-refractivity contribution in [3.05, 3.63) is 77.7 Å². The molecule has 0 heterocycles. The van der Waals surface area contributed by atoms with Crippen LogP contribution < -0.4 is 5.32 Å². The second-order valence-corrected chi connectivity index (χ2v) is 7.43. The number of alkyl carbamates (subject to hydrolysis) is 1. The number of carboxylic acid groups (broad SMARTS) is 1. The highest BCUT2D eigenvalue weighted by Gasteiger charge is 2.16. The molecule has 1 amide bonds. The van der Waals surface area contributed by atoms with Gasteiger partial charge in [0.1, 0.15) is 6.61 Å². The highest BCUT2D eigenvalue weighted by molar-refractivity contribution is 7.94. The zero-order chi connectivity index (χ0) is 19.7. The minimum Gasteiger partial charge on any atom is -0.481 e. The van der Waals surface area contributed by atoms with Gasteiger partial charge in [0.25, 0.3) is 0 Å². The summed E-state index contributed by atoms with van der Waals surface area (Å²) in [5.41, 5.74) is 0.768. The summed E-state index contributed by atoms with van der Waals surface area (Å²) in [6.45, 7) is 0.0124. The van der Waals surface area contributed by atoms with E-state index in [1.54, 1.807) is 42.5 Å². The molecule has 1 atom stereocenters. The van der Waals surface area contributed by atoms with E-state index in [2.05, 4.69) is 5.32 Å².